The molecule has 0 spiro atoms. The molecule has 2 aromatic heterocycles. The number of hydrogen-bond donors (Lipinski definition) is 1. The summed E-state index contributed by atoms with van der Waals surface area (Å²) in [5.74, 6) is 0.0229. The zero-order valence-electron chi connectivity index (χ0n) is 17.6. The van der Waals surface area contributed by atoms with Crippen LogP contribution in [0.15, 0.2) is 46.8 Å². The van der Waals surface area contributed by atoms with Crippen LogP contribution < -0.4 is 10.7 Å². The number of fused-ring (bicyclic) bond motifs is 1. The molecular weight excluding hydrogens is 405 g/mol. The molecule has 1 N–H and O–H groups in total. The molecule has 158 valence electrons. The van der Waals surface area contributed by atoms with E-state index in [9.17, 15) is 4.79 Å². The Morgan fingerprint density at radius 2 is 2.07 bits per heavy atom. The van der Waals surface area contributed by atoms with Crippen LogP contribution in [0.3, 0.4) is 0 Å². The lowest BCUT2D eigenvalue weighted by Crippen LogP contribution is -2.29. The molecule has 1 aromatic carbocycles. The minimum atomic E-state index is -0.697. The van der Waals surface area contributed by atoms with Crippen molar-refractivity contribution in [2.24, 2.45) is 4.99 Å². The smallest absolute Gasteiger partial charge is 0.419 e. The molecule has 9 heteroatoms. The molecule has 0 aliphatic carbocycles. The summed E-state index contributed by atoms with van der Waals surface area (Å²) in [5, 5.41) is 4.34. The number of rotatable bonds is 4. The molecule has 0 radical (unpaired) electrons. The molecule has 0 aliphatic heterocycles. The Morgan fingerprint density at radius 1 is 1.33 bits per heavy atom. The number of thioether (sulfide) groups is 1. The average molecular weight is 430 g/mol. The fraction of sp³-hybridized carbons (Fsp3) is 0.333. The second kappa shape index (κ2) is 8.83. The third-order valence-electron chi connectivity index (χ3n) is 4.15. The third kappa shape index (κ3) is 4.79. The predicted molar refractivity (Wildman–Crippen MR) is 116 cm³/mol. The maximum absolute atomic E-state index is 15.0. The summed E-state index contributed by atoms with van der Waals surface area (Å²) in [5.41, 5.74) is 0.550. The number of anilines is 1. The SMILES string of the molecule is CNc1nc(SC)ncc1C/N=c1\c(F)cn(C(=O)OC(C)(C)C)c2ccccc12. The van der Waals surface area contributed by atoms with E-state index in [2.05, 4.69) is 20.3 Å². The van der Waals surface area contributed by atoms with E-state index in [1.54, 1.807) is 58.3 Å². The van der Waals surface area contributed by atoms with Crippen LogP contribution in [0.5, 0.6) is 0 Å². The van der Waals surface area contributed by atoms with E-state index in [1.807, 2.05) is 6.26 Å². The van der Waals surface area contributed by atoms with Crippen molar-refractivity contribution in [3.8, 4) is 0 Å². The van der Waals surface area contributed by atoms with Gasteiger partial charge in [0.25, 0.3) is 0 Å². The predicted octanol–water partition coefficient (Wildman–Crippen LogP) is 4.22. The van der Waals surface area contributed by atoms with Gasteiger partial charge in [0.1, 0.15) is 16.8 Å². The van der Waals surface area contributed by atoms with Crippen molar-refractivity contribution in [1.29, 1.82) is 0 Å². The van der Waals surface area contributed by atoms with Gasteiger partial charge in [-0.05, 0) is 33.1 Å². The second-order valence-corrected chi connectivity index (χ2v) is 8.26. The van der Waals surface area contributed by atoms with Gasteiger partial charge in [-0.1, -0.05) is 30.0 Å². The number of pyridine rings is 1. The van der Waals surface area contributed by atoms with Crippen molar-refractivity contribution in [1.82, 2.24) is 14.5 Å². The number of hydrogen-bond acceptors (Lipinski definition) is 7. The Labute approximate surface area is 178 Å². The monoisotopic (exact) mass is 429 g/mol. The van der Waals surface area contributed by atoms with Gasteiger partial charge in [-0.25, -0.2) is 23.7 Å². The van der Waals surface area contributed by atoms with E-state index in [4.69, 9.17) is 4.74 Å². The molecule has 0 fully saturated rings. The molecule has 0 bridgehead atoms. The summed E-state index contributed by atoms with van der Waals surface area (Å²) in [6.45, 7) is 5.47. The highest BCUT2D eigenvalue weighted by Crippen LogP contribution is 2.18. The summed E-state index contributed by atoms with van der Waals surface area (Å²) in [7, 11) is 1.76. The summed E-state index contributed by atoms with van der Waals surface area (Å²) >= 11 is 1.43. The molecule has 0 saturated heterocycles. The number of benzene rings is 1. The number of halogens is 1. The van der Waals surface area contributed by atoms with E-state index in [0.717, 1.165) is 11.8 Å². The number of nitrogens with one attached hydrogen (secondary N) is 1. The summed E-state index contributed by atoms with van der Waals surface area (Å²) in [6.07, 6.45) is 4.03. The van der Waals surface area contributed by atoms with Gasteiger partial charge in [0.05, 0.1) is 18.3 Å². The number of ether oxygens (including phenoxy) is 1. The first kappa shape index (κ1) is 21.8. The van der Waals surface area contributed by atoms with E-state index in [0.29, 0.717) is 21.9 Å². The largest absolute Gasteiger partial charge is 0.443 e. The molecule has 0 saturated carbocycles. The molecular formula is C21H24FN5O2S. The number of para-hydroxylation sites is 1. The van der Waals surface area contributed by atoms with Crippen molar-refractivity contribution in [2.75, 3.05) is 18.6 Å². The first-order valence-corrected chi connectivity index (χ1v) is 10.6. The highest BCUT2D eigenvalue weighted by atomic mass is 32.2. The number of carbonyl (C=O) groups excluding carboxylic acids is 1. The Bertz CT molecular complexity index is 1150. The highest BCUT2D eigenvalue weighted by molar-refractivity contribution is 7.98. The van der Waals surface area contributed by atoms with Crippen LogP contribution in [0, 0.1) is 5.82 Å². The zero-order chi connectivity index (χ0) is 21.9. The third-order valence-corrected chi connectivity index (χ3v) is 4.71. The van der Waals surface area contributed by atoms with Crippen molar-refractivity contribution >= 4 is 34.6 Å². The molecule has 7 nitrogen and oxygen atoms in total. The molecule has 2 heterocycles. The Hall–Kier alpha value is -2.94. The molecule has 0 atom stereocenters. The van der Waals surface area contributed by atoms with Gasteiger partial charge >= 0.3 is 6.09 Å². The maximum Gasteiger partial charge on any atom is 0.419 e. The summed E-state index contributed by atoms with van der Waals surface area (Å²) < 4.78 is 21.6. The Balaban J connectivity index is 2.09. The Morgan fingerprint density at radius 3 is 2.73 bits per heavy atom. The number of carbonyl (C=O) groups is 1. The van der Waals surface area contributed by atoms with Gasteiger partial charge in [0.15, 0.2) is 11.0 Å². The first-order chi connectivity index (χ1) is 14.2. The minimum Gasteiger partial charge on any atom is -0.443 e. The standard InChI is InChI=1S/C21H24FN5O2S/c1-21(2,3)29-20(28)27-12-15(22)17(14-8-6-7-9-16(14)27)24-10-13-11-25-19(30-5)26-18(13)23-4/h6-9,11-12H,10H2,1-5H3,(H,23,25,26)/b24-17-. The van der Waals surface area contributed by atoms with Crippen LogP contribution in [-0.2, 0) is 11.3 Å². The Kier molecular flexibility index (Phi) is 6.40. The second-order valence-electron chi connectivity index (χ2n) is 7.49. The van der Waals surface area contributed by atoms with Crippen LogP contribution in [0.4, 0.5) is 15.0 Å². The minimum absolute atomic E-state index is 0.168. The van der Waals surface area contributed by atoms with Crippen molar-refractivity contribution in [3.63, 3.8) is 0 Å². The lowest BCUT2D eigenvalue weighted by atomic mass is 10.2. The van der Waals surface area contributed by atoms with Gasteiger partial charge in [0.2, 0.25) is 0 Å². The van der Waals surface area contributed by atoms with Crippen molar-refractivity contribution < 1.29 is 13.9 Å². The normalized spacial score (nSPS) is 12.3. The van der Waals surface area contributed by atoms with Crippen LogP contribution in [-0.4, -0.2) is 39.5 Å². The van der Waals surface area contributed by atoms with Crippen molar-refractivity contribution in [3.05, 3.63) is 53.4 Å². The number of aromatic nitrogens is 3. The van der Waals surface area contributed by atoms with E-state index in [-0.39, 0.29) is 11.9 Å². The quantitative estimate of drug-likeness (QED) is 0.494. The van der Waals surface area contributed by atoms with Crippen LogP contribution in [0.1, 0.15) is 26.3 Å². The average Bonchev–Trinajstić information content (AvgIpc) is 2.71. The van der Waals surface area contributed by atoms with E-state index in [1.165, 1.54) is 16.3 Å². The molecule has 3 rings (SSSR count). The maximum atomic E-state index is 15.0. The summed E-state index contributed by atoms with van der Waals surface area (Å²) in [4.78, 5) is 25.7. The zero-order valence-corrected chi connectivity index (χ0v) is 18.4. The lowest BCUT2D eigenvalue weighted by Gasteiger charge is -2.21. The molecule has 3 aromatic rings. The lowest BCUT2D eigenvalue weighted by molar-refractivity contribution is 0.0541. The summed E-state index contributed by atoms with van der Waals surface area (Å²) in [6, 6.07) is 7.01. The fourth-order valence-corrected chi connectivity index (χ4v) is 3.21. The van der Waals surface area contributed by atoms with Gasteiger partial charge in [-0.2, -0.15) is 0 Å². The molecule has 0 unspecified atom stereocenters. The van der Waals surface area contributed by atoms with Gasteiger partial charge in [-0.15, -0.1) is 0 Å². The van der Waals surface area contributed by atoms with Crippen LogP contribution in [0.25, 0.3) is 10.9 Å². The molecule has 0 amide bonds. The van der Waals surface area contributed by atoms with Crippen LogP contribution in [0.2, 0.25) is 0 Å². The first-order valence-electron chi connectivity index (χ1n) is 9.35. The van der Waals surface area contributed by atoms with E-state index < -0.39 is 17.5 Å². The van der Waals surface area contributed by atoms with Gasteiger partial charge in [-0.3, -0.25) is 4.99 Å². The number of nitrogens with zero attached hydrogens (tertiary/aromatic N) is 4. The van der Waals surface area contributed by atoms with Crippen LogP contribution >= 0.6 is 11.8 Å². The molecule has 0 aliphatic rings. The molecule has 30 heavy (non-hydrogen) atoms. The van der Waals surface area contributed by atoms with Gasteiger partial charge in [0, 0.05) is 24.2 Å². The van der Waals surface area contributed by atoms with E-state index >= 15 is 4.39 Å². The highest BCUT2D eigenvalue weighted by Gasteiger charge is 2.20. The van der Waals surface area contributed by atoms with Crippen molar-refractivity contribution in [2.45, 2.75) is 38.1 Å². The fourth-order valence-electron chi connectivity index (χ4n) is 2.86. The topological polar surface area (TPSA) is 81.4 Å². The van der Waals surface area contributed by atoms with Gasteiger partial charge < -0.3 is 10.1 Å².